The molecule has 2 nitrogen and oxygen atoms in total. The maximum atomic E-state index is 2.49. The number of nitrogens with zero attached hydrogens (tertiary/aromatic N) is 2. The Morgan fingerprint density at radius 2 is 0.611 bits per heavy atom. The second-order valence-corrected chi connectivity index (χ2v) is 16.4. The van der Waals surface area contributed by atoms with Gasteiger partial charge < -0.3 is 9.80 Å². The lowest BCUT2D eigenvalue weighted by Gasteiger charge is -2.33. The molecule has 0 spiro atoms. The van der Waals surface area contributed by atoms with Gasteiger partial charge in [0.2, 0.25) is 0 Å². The maximum Gasteiger partial charge on any atom is 0.0467 e. The van der Waals surface area contributed by atoms with Gasteiger partial charge in [0.25, 0.3) is 0 Å². The molecule has 0 aromatic heterocycles. The van der Waals surface area contributed by atoms with Crippen molar-refractivity contribution in [2.24, 2.45) is 0 Å². The summed E-state index contributed by atoms with van der Waals surface area (Å²) in [5.74, 6) is 0. The van der Waals surface area contributed by atoms with Crippen molar-refractivity contribution >= 4 is 34.1 Å². The average Bonchev–Trinajstić information content (AvgIpc) is 3.56. The van der Waals surface area contributed by atoms with E-state index in [1.54, 1.807) is 0 Å². The summed E-state index contributed by atoms with van der Waals surface area (Å²) in [6.45, 7) is 19.3. The molecular weight excluding hydrogens is 653 g/mol. The van der Waals surface area contributed by atoms with Crippen molar-refractivity contribution in [2.45, 2.75) is 66.2 Å². The highest BCUT2D eigenvalue weighted by atomic mass is 15.1. The molecule has 2 aliphatic rings. The van der Waals surface area contributed by atoms with Gasteiger partial charge in [-0.2, -0.15) is 0 Å². The number of para-hydroxylation sites is 4. The van der Waals surface area contributed by atoms with Crippen molar-refractivity contribution < 1.29 is 0 Å². The molecule has 0 aliphatic heterocycles. The number of fused-ring (bicyclic) bond motifs is 7. The third kappa shape index (κ3) is 4.93. The van der Waals surface area contributed by atoms with Gasteiger partial charge >= 0.3 is 0 Å². The van der Waals surface area contributed by atoms with Gasteiger partial charge in [0, 0.05) is 45.0 Å². The quantitative estimate of drug-likeness (QED) is 0.170. The lowest BCUT2D eigenvalue weighted by molar-refractivity contribution is 0.600. The van der Waals surface area contributed by atoms with E-state index in [0.717, 1.165) is 22.7 Å². The summed E-state index contributed by atoms with van der Waals surface area (Å²) in [5, 5.41) is 0. The van der Waals surface area contributed by atoms with E-state index in [1.807, 2.05) is 0 Å². The molecule has 0 amide bonds. The fourth-order valence-corrected chi connectivity index (χ4v) is 9.79. The predicted molar refractivity (Wildman–Crippen MR) is 230 cm³/mol. The van der Waals surface area contributed by atoms with Crippen LogP contribution in [0.2, 0.25) is 0 Å². The van der Waals surface area contributed by atoms with E-state index in [9.17, 15) is 0 Å². The van der Waals surface area contributed by atoms with E-state index in [4.69, 9.17) is 0 Å². The number of benzene rings is 7. The molecule has 0 fully saturated rings. The Bertz CT molecular complexity index is 2300. The van der Waals surface area contributed by atoms with E-state index >= 15 is 0 Å². The van der Waals surface area contributed by atoms with Crippen LogP contribution in [0.4, 0.5) is 34.1 Å². The summed E-state index contributed by atoms with van der Waals surface area (Å²) in [4.78, 5) is 4.82. The highest BCUT2D eigenvalue weighted by Crippen LogP contribution is 2.63. The number of hydrogen-bond donors (Lipinski definition) is 0. The lowest BCUT2D eigenvalue weighted by atomic mass is 9.71. The van der Waals surface area contributed by atoms with E-state index in [0.29, 0.717) is 0 Å². The average molecular weight is 701 g/mol. The summed E-state index contributed by atoms with van der Waals surface area (Å²) in [7, 11) is 0. The highest BCUT2D eigenvalue weighted by molar-refractivity contribution is 5.98. The number of aryl methyl sites for hydroxylation is 2. The van der Waals surface area contributed by atoms with Crippen LogP contribution in [-0.2, 0) is 10.8 Å². The van der Waals surface area contributed by atoms with Crippen molar-refractivity contribution in [3.8, 4) is 22.3 Å². The Balaban J connectivity index is 1.25. The largest absolute Gasteiger partial charge is 0.310 e. The molecule has 0 atom stereocenters. The minimum Gasteiger partial charge on any atom is -0.310 e. The predicted octanol–water partition coefficient (Wildman–Crippen LogP) is 14.5. The Morgan fingerprint density at radius 1 is 0.333 bits per heavy atom. The first-order valence-electron chi connectivity index (χ1n) is 19.3. The fourth-order valence-electron chi connectivity index (χ4n) is 9.79. The normalized spacial score (nSPS) is 14.2. The molecule has 0 unspecified atom stereocenters. The standard InChI is InChI=1S/C52H48N2/c1-33-29-41(53(37-21-13-9-14-22-37)38-23-15-10-16-24-38)31-43-45(33)47-35(3)36(4)48-46-34(2)30-42(32-44(46)52(7,8)50(48)49(47)51(43,5)6)54(39-25-17-11-18-26-39)40-27-19-12-20-28-40/h9-32H,1-8H3. The molecule has 0 saturated carbocycles. The van der Waals surface area contributed by atoms with Crippen LogP contribution in [0.15, 0.2) is 146 Å². The topological polar surface area (TPSA) is 6.48 Å². The van der Waals surface area contributed by atoms with Crippen molar-refractivity contribution in [1.29, 1.82) is 0 Å². The number of anilines is 6. The lowest BCUT2D eigenvalue weighted by Crippen LogP contribution is -2.25. The van der Waals surface area contributed by atoms with Gasteiger partial charge in [-0.15, -0.1) is 0 Å². The molecule has 0 bridgehead atoms. The molecule has 0 N–H and O–H groups in total. The fraction of sp³-hybridized carbons (Fsp3) is 0.192. The van der Waals surface area contributed by atoms with Crippen LogP contribution in [0.3, 0.4) is 0 Å². The van der Waals surface area contributed by atoms with Crippen molar-refractivity contribution in [3.05, 3.63) is 190 Å². The van der Waals surface area contributed by atoms with E-state index in [1.165, 1.54) is 78.1 Å². The zero-order valence-corrected chi connectivity index (χ0v) is 32.8. The maximum absolute atomic E-state index is 2.49. The van der Waals surface area contributed by atoms with Crippen LogP contribution < -0.4 is 9.80 Å². The first-order valence-corrected chi connectivity index (χ1v) is 19.3. The van der Waals surface area contributed by atoms with Crippen LogP contribution in [0, 0.1) is 27.7 Å². The second-order valence-electron chi connectivity index (χ2n) is 16.4. The molecular formula is C52H48N2. The van der Waals surface area contributed by atoms with E-state index < -0.39 is 0 Å². The molecule has 54 heavy (non-hydrogen) atoms. The zero-order valence-electron chi connectivity index (χ0n) is 32.8. The van der Waals surface area contributed by atoms with Gasteiger partial charge in [0.1, 0.15) is 0 Å². The smallest absolute Gasteiger partial charge is 0.0467 e. The van der Waals surface area contributed by atoms with Crippen LogP contribution in [-0.4, -0.2) is 0 Å². The van der Waals surface area contributed by atoms with Gasteiger partial charge in [-0.05, 0) is 167 Å². The zero-order chi connectivity index (χ0) is 37.5. The summed E-state index contributed by atoms with van der Waals surface area (Å²) >= 11 is 0. The summed E-state index contributed by atoms with van der Waals surface area (Å²) in [6, 6.07) is 52.9. The van der Waals surface area contributed by atoms with Gasteiger partial charge in [0.05, 0.1) is 0 Å². The van der Waals surface area contributed by atoms with E-state index in [2.05, 4.69) is 211 Å². The van der Waals surface area contributed by atoms with Gasteiger partial charge in [0.15, 0.2) is 0 Å². The molecule has 7 aromatic carbocycles. The summed E-state index contributed by atoms with van der Waals surface area (Å²) < 4.78 is 0. The molecule has 266 valence electrons. The Hall–Kier alpha value is -5.86. The minimum absolute atomic E-state index is 0.219. The Labute approximate surface area is 321 Å². The van der Waals surface area contributed by atoms with Crippen LogP contribution in [0.5, 0.6) is 0 Å². The van der Waals surface area contributed by atoms with Crippen molar-refractivity contribution in [2.75, 3.05) is 9.80 Å². The first-order chi connectivity index (χ1) is 26.0. The third-order valence-electron chi connectivity index (χ3n) is 12.4. The second kappa shape index (κ2) is 12.4. The van der Waals surface area contributed by atoms with Gasteiger partial charge in [-0.1, -0.05) is 100 Å². The van der Waals surface area contributed by atoms with Crippen LogP contribution in [0.25, 0.3) is 22.3 Å². The molecule has 9 rings (SSSR count). The highest BCUT2D eigenvalue weighted by Gasteiger charge is 2.48. The van der Waals surface area contributed by atoms with Crippen molar-refractivity contribution in [1.82, 2.24) is 0 Å². The molecule has 7 aromatic rings. The Kier molecular flexibility index (Phi) is 7.76. The van der Waals surface area contributed by atoms with Crippen LogP contribution in [0.1, 0.15) is 72.2 Å². The minimum atomic E-state index is -0.219. The summed E-state index contributed by atoms with van der Waals surface area (Å²) in [5.41, 5.74) is 23.5. The van der Waals surface area contributed by atoms with Crippen molar-refractivity contribution in [3.63, 3.8) is 0 Å². The monoisotopic (exact) mass is 700 g/mol. The molecule has 2 aliphatic carbocycles. The SMILES string of the molecule is Cc1cc(N(c2ccccc2)c2ccccc2)cc2c1-c1c(C)c(C)c3c(c1C2(C)C)C(C)(C)c1cc(N(c2ccccc2)c2ccccc2)cc(C)c1-3. The van der Waals surface area contributed by atoms with Crippen LogP contribution >= 0.6 is 0 Å². The number of rotatable bonds is 6. The van der Waals surface area contributed by atoms with E-state index in [-0.39, 0.29) is 10.8 Å². The Morgan fingerprint density at radius 3 is 0.889 bits per heavy atom. The van der Waals surface area contributed by atoms with Gasteiger partial charge in [-0.3, -0.25) is 0 Å². The van der Waals surface area contributed by atoms with Gasteiger partial charge in [-0.25, -0.2) is 0 Å². The molecule has 0 saturated heterocycles. The number of hydrogen-bond acceptors (Lipinski definition) is 2. The molecule has 2 heteroatoms. The molecule has 0 radical (unpaired) electrons. The third-order valence-corrected chi connectivity index (χ3v) is 12.4. The first kappa shape index (κ1) is 33.9. The molecule has 0 heterocycles. The summed E-state index contributed by atoms with van der Waals surface area (Å²) in [6.07, 6.45) is 0.